The molecule has 0 aliphatic carbocycles. The topological polar surface area (TPSA) is 54.0 Å². The average Bonchev–Trinajstić information content (AvgIpc) is 2.78. The fourth-order valence-electron chi connectivity index (χ4n) is 2.15. The van der Waals surface area contributed by atoms with Crippen LogP contribution in [-0.4, -0.2) is 30.5 Å². The molecule has 1 aromatic heterocycles. The van der Waals surface area contributed by atoms with Crippen LogP contribution in [0.1, 0.15) is 28.2 Å². The lowest BCUT2D eigenvalue weighted by molar-refractivity contribution is 0.0947. The van der Waals surface area contributed by atoms with E-state index in [2.05, 4.69) is 15.6 Å². The maximum Gasteiger partial charge on any atom is 0.253 e. The molecule has 1 aromatic rings. The van der Waals surface area contributed by atoms with Gasteiger partial charge in [-0.05, 0) is 51.4 Å². The normalized spacial score (nSPS) is 19.3. The van der Waals surface area contributed by atoms with Crippen molar-refractivity contribution in [2.24, 2.45) is 5.92 Å². The summed E-state index contributed by atoms with van der Waals surface area (Å²) in [4.78, 5) is 16.3. The Hall–Kier alpha value is -1.42. The predicted octanol–water partition coefficient (Wildman–Crippen LogP) is 1.04. The van der Waals surface area contributed by atoms with Gasteiger partial charge in [-0.2, -0.15) is 0 Å². The molecule has 17 heavy (non-hydrogen) atoms. The van der Waals surface area contributed by atoms with Crippen molar-refractivity contribution in [3.8, 4) is 0 Å². The molecule has 4 nitrogen and oxygen atoms in total. The van der Waals surface area contributed by atoms with Crippen molar-refractivity contribution in [3.05, 3.63) is 29.1 Å². The molecule has 1 amide bonds. The highest BCUT2D eigenvalue weighted by atomic mass is 16.1. The zero-order valence-electron chi connectivity index (χ0n) is 10.4. The second kappa shape index (κ2) is 5.27. The monoisotopic (exact) mass is 233 g/mol. The van der Waals surface area contributed by atoms with Gasteiger partial charge in [-0.1, -0.05) is 0 Å². The first kappa shape index (κ1) is 12.0. The van der Waals surface area contributed by atoms with Crippen molar-refractivity contribution in [1.82, 2.24) is 15.6 Å². The molecule has 2 rings (SSSR count). The van der Waals surface area contributed by atoms with E-state index in [1.807, 2.05) is 26.0 Å². The maximum absolute atomic E-state index is 12.0. The van der Waals surface area contributed by atoms with Gasteiger partial charge in [0.25, 0.3) is 5.91 Å². The third-order valence-corrected chi connectivity index (χ3v) is 3.18. The van der Waals surface area contributed by atoms with Crippen LogP contribution in [0.15, 0.2) is 12.1 Å². The summed E-state index contributed by atoms with van der Waals surface area (Å²) in [5.41, 5.74) is 2.42. The van der Waals surface area contributed by atoms with Crippen LogP contribution in [0.3, 0.4) is 0 Å². The third-order valence-electron chi connectivity index (χ3n) is 3.18. The van der Waals surface area contributed by atoms with Crippen molar-refractivity contribution in [2.45, 2.75) is 20.3 Å². The molecule has 0 radical (unpaired) electrons. The molecular weight excluding hydrogens is 214 g/mol. The lowest BCUT2D eigenvalue weighted by Gasteiger charge is -2.11. The van der Waals surface area contributed by atoms with Crippen molar-refractivity contribution in [2.75, 3.05) is 19.6 Å². The molecule has 2 heterocycles. The summed E-state index contributed by atoms with van der Waals surface area (Å²) in [5.74, 6) is 0.555. The molecule has 0 aromatic carbocycles. The van der Waals surface area contributed by atoms with Crippen molar-refractivity contribution < 1.29 is 4.79 Å². The number of carbonyl (C=O) groups excluding carboxylic acids is 1. The molecule has 1 aliphatic heterocycles. The molecular formula is C13H19N3O. The number of nitrogens with zero attached hydrogens (tertiary/aromatic N) is 1. The summed E-state index contributed by atoms with van der Waals surface area (Å²) >= 11 is 0. The van der Waals surface area contributed by atoms with Crippen molar-refractivity contribution in [1.29, 1.82) is 0 Å². The Morgan fingerprint density at radius 2 is 2.35 bits per heavy atom. The van der Waals surface area contributed by atoms with Crippen LogP contribution in [0, 0.1) is 19.8 Å². The standard InChI is InChI=1S/C13H19N3O/c1-9-3-4-12(10(2)16-9)13(17)15-8-11-5-6-14-7-11/h3-4,11,14H,5-8H2,1-2H3,(H,15,17). The van der Waals surface area contributed by atoms with Gasteiger partial charge in [-0.15, -0.1) is 0 Å². The Balaban J connectivity index is 1.94. The van der Waals surface area contributed by atoms with E-state index >= 15 is 0 Å². The van der Waals surface area contributed by atoms with Gasteiger partial charge in [0.15, 0.2) is 0 Å². The van der Waals surface area contributed by atoms with E-state index in [1.165, 1.54) is 0 Å². The summed E-state index contributed by atoms with van der Waals surface area (Å²) in [7, 11) is 0. The van der Waals surface area contributed by atoms with Gasteiger partial charge >= 0.3 is 0 Å². The minimum atomic E-state index is -0.0121. The Morgan fingerprint density at radius 3 is 3.00 bits per heavy atom. The molecule has 2 N–H and O–H groups in total. The Morgan fingerprint density at radius 1 is 1.53 bits per heavy atom. The number of aryl methyl sites for hydroxylation is 2. The first-order chi connectivity index (χ1) is 8.16. The van der Waals surface area contributed by atoms with Crippen LogP contribution < -0.4 is 10.6 Å². The summed E-state index contributed by atoms with van der Waals surface area (Å²) in [6, 6.07) is 3.72. The van der Waals surface area contributed by atoms with Crippen LogP contribution >= 0.6 is 0 Å². The van der Waals surface area contributed by atoms with Crippen LogP contribution in [-0.2, 0) is 0 Å². The van der Waals surface area contributed by atoms with Gasteiger partial charge in [0, 0.05) is 12.2 Å². The fourth-order valence-corrected chi connectivity index (χ4v) is 2.15. The molecule has 1 aliphatic rings. The number of nitrogens with one attached hydrogen (secondary N) is 2. The Labute approximate surface area is 102 Å². The summed E-state index contributed by atoms with van der Waals surface area (Å²) in [5, 5.41) is 6.27. The van der Waals surface area contributed by atoms with Gasteiger partial charge in [0.1, 0.15) is 0 Å². The van der Waals surface area contributed by atoms with Crippen molar-refractivity contribution >= 4 is 5.91 Å². The minimum absolute atomic E-state index is 0.0121. The van der Waals surface area contributed by atoms with E-state index in [1.54, 1.807) is 0 Å². The number of pyridine rings is 1. The van der Waals surface area contributed by atoms with Gasteiger partial charge in [0.05, 0.1) is 11.3 Å². The number of aromatic nitrogens is 1. The number of hydrogen-bond acceptors (Lipinski definition) is 3. The lowest BCUT2D eigenvalue weighted by atomic mass is 10.1. The molecule has 1 unspecified atom stereocenters. The minimum Gasteiger partial charge on any atom is -0.352 e. The summed E-state index contributed by atoms with van der Waals surface area (Å²) in [6.07, 6.45) is 1.14. The fraction of sp³-hybridized carbons (Fsp3) is 0.538. The van der Waals surface area contributed by atoms with Gasteiger partial charge < -0.3 is 10.6 Å². The molecule has 4 heteroatoms. The van der Waals surface area contributed by atoms with Crippen LogP contribution in [0.5, 0.6) is 0 Å². The summed E-state index contributed by atoms with van der Waals surface area (Å²) < 4.78 is 0. The molecule has 92 valence electrons. The number of rotatable bonds is 3. The zero-order chi connectivity index (χ0) is 12.3. The predicted molar refractivity (Wildman–Crippen MR) is 67.0 cm³/mol. The average molecular weight is 233 g/mol. The first-order valence-corrected chi connectivity index (χ1v) is 6.10. The molecule has 0 spiro atoms. The van der Waals surface area contributed by atoms with E-state index in [0.717, 1.165) is 37.4 Å². The number of amides is 1. The Bertz CT molecular complexity index is 411. The molecule has 0 bridgehead atoms. The third kappa shape index (κ3) is 3.03. The molecule has 0 saturated carbocycles. The van der Waals surface area contributed by atoms with E-state index in [4.69, 9.17) is 0 Å². The molecule has 1 fully saturated rings. The number of carbonyl (C=O) groups is 1. The molecule has 1 atom stereocenters. The molecule has 1 saturated heterocycles. The number of hydrogen-bond donors (Lipinski definition) is 2. The van der Waals surface area contributed by atoms with Gasteiger partial charge in [-0.3, -0.25) is 9.78 Å². The highest BCUT2D eigenvalue weighted by Gasteiger charge is 2.16. The smallest absolute Gasteiger partial charge is 0.253 e. The Kier molecular flexibility index (Phi) is 3.74. The van der Waals surface area contributed by atoms with Crippen molar-refractivity contribution in [3.63, 3.8) is 0 Å². The second-order valence-corrected chi connectivity index (χ2v) is 4.65. The quantitative estimate of drug-likeness (QED) is 0.820. The van der Waals surface area contributed by atoms with Crippen LogP contribution in [0.2, 0.25) is 0 Å². The largest absolute Gasteiger partial charge is 0.352 e. The SMILES string of the molecule is Cc1ccc(C(=O)NCC2CCNC2)c(C)n1. The van der Waals surface area contributed by atoms with E-state index in [-0.39, 0.29) is 5.91 Å². The van der Waals surface area contributed by atoms with Gasteiger partial charge in [-0.25, -0.2) is 0 Å². The summed E-state index contributed by atoms with van der Waals surface area (Å²) in [6.45, 7) is 6.62. The lowest BCUT2D eigenvalue weighted by Crippen LogP contribution is -2.30. The highest BCUT2D eigenvalue weighted by Crippen LogP contribution is 2.08. The zero-order valence-corrected chi connectivity index (χ0v) is 10.4. The van der Waals surface area contributed by atoms with E-state index < -0.39 is 0 Å². The van der Waals surface area contributed by atoms with Crippen LogP contribution in [0.4, 0.5) is 0 Å². The van der Waals surface area contributed by atoms with E-state index in [9.17, 15) is 4.79 Å². The maximum atomic E-state index is 12.0. The van der Waals surface area contributed by atoms with Gasteiger partial charge in [0.2, 0.25) is 0 Å². The van der Waals surface area contributed by atoms with E-state index in [0.29, 0.717) is 11.5 Å². The highest BCUT2D eigenvalue weighted by molar-refractivity contribution is 5.95. The second-order valence-electron chi connectivity index (χ2n) is 4.65. The first-order valence-electron chi connectivity index (χ1n) is 6.10. The van der Waals surface area contributed by atoms with Crippen LogP contribution in [0.25, 0.3) is 0 Å².